The monoisotopic (exact) mass is 407 g/mol. The molecule has 146 valence electrons. The van der Waals surface area contributed by atoms with Crippen LogP contribution < -0.4 is 20.6 Å². The van der Waals surface area contributed by atoms with E-state index in [9.17, 15) is 4.79 Å². The highest BCUT2D eigenvalue weighted by molar-refractivity contribution is 6.30. The van der Waals surface area contributed by atoms with Gasteiger partial charge in [-0.2, -0.15) is 0 Å². The zero-order valence-corrected chi connectivity index (χ0v) is 16.4. The number of ether oxygens (including phenoxy) is 2. The maximum Gasteiger partial charge on any atom is 0.202 e. The predicted octanol–water partition coefficient (Wildman–Crippen LogP) is 5.28. The van der Waals surface area contributed by atoms with Crippen LogP contribution in [0.4, 0.5) is 5.88 Å². The van der Waals surface area contributed by atoms with Gasteiger partial charge >= 0.3 is 0 Å². The third-order valence-electron chi connectivity index (χ3n) is 4.59. The number of hydrogen-bond acceptors (Lipinski definition) is 5. The van der Waals surface area contributed by atoms with Crippen LogP contribution in [0.5, 0.6) is 11.5 Å². The van der Waals surface area contributed by atoms with Crippen molar-refractivity contribution < 1.29 is 13.9 Å². The Morgan fingerprint density at radius 2 is 1.66 bits per heavy atom. The molecule has 29 heavy (non-hydrogen) atoms. The Bertz CT molecular complexity index is 1210. The molecule has 2 N–H and O–H groups in total. The first-order valence-electron chi connectivity index (χ1n) is 8.93. The minimum atomic E-state index is -0.196. The van der Waals surface area contributed by atoms with Crippen LogP contribution in [0.1, 0.15) is 5.56 Å². The highest BCUT2D eigenvalue weighted by Crippen LogP contribution is 2.29. The lowest BCUT2D eigenvalue weighted by molar-refractivity contribution is 0.306. The van der Waals surface area contributed by atoms with Crippen molar-refractivity contribution in [2.45, 2.75) is 6.61 Å². The van der Waals surface area contributed by atoms with Crippen molar-refractivity contribution in [3.05, 3.63) is 87.5 Å². The molecule has 0 saturated heterocycles. The lowest BCUT2D eigenvalue weighted by Crippen LogP contribution is -2.09. The molecule has 4 aromatic rings. The first-order chi connectivity index (χ1) is 14.0. The number of fused-ring (bicyclic) bond motifs is 1. The van der Waals surface area contributed by atoms with Crippen molar-refractivity contribution in [2.75, 3.05) is 12.8 Å². The van der Waals surface area contributed by atoms with Gasteiger partial charge < -0.3 is 19.6 Å². The van der Waals surface area contributed by atoms with Gasteiger partial charge in [-0.15, -0.1) is 0 Å². The standard InChI is InChI=1S/C23H18ClNO4/c1-27-17-8-4-15(5-9-17)21-22(26)19-11-10-18(12-20(19)29-23(21)25)28-13-14-2-6-16(24)7-3-14/h2-12H,13,25H2,1H3. The fourth-order valence-corrected chi connectivity index (χ4v) is 3.18. The van der Waals surface area contributed by atoms with Crippen LogP contribution in [0.3, 0.4) is 0 Å². The zero-order valence-electron chi connectivity index (χ0n) is 15.6. The van der Waals surface area contributed by atoms with Gasteiger partial charge in [0, 0.05) is 11.1 Å². The van der Waals surface area contributed by atoms with Gasteiger partial charge in [-0.1, -0.05) is 35.9 Å². The van der Waals surface area contributed by atoms with E-state index in [4.69, 9.17) is 31.2 Å². The average Bonchev–Trinajstić information content (AvgIpc) is 2.73. The normalized spacial score (nSPS) is 10.8. The summed E-state index contributed by atoms with van der Waals surface area (Å²) in [5.41, 5.74) is 8.22. The molecule has 0 aliphatic heterocycles. The zero-order chi connectivity index (χ0) is 20.4. The van der Waals surface area contributed by atoms with Gasteiger partial charge in [0.15, 0.2) is 0 Å². The molecule has 1 heterocycles. The molecule has 6 heteroatoms. The maximum absolute atomic E-state index is 13.0. The number of anilines is 1. The number of halogens is 1. The van der Waals surface area contributed by atoms with Crippen molar-refractivity contribution >= 4 is 28.5 Å². The third-order valence-corrected chi connectivity index (χ3v) is 4.84. The van der Waals surface area contributed by atoms with E-state index in [1.54, 1.807) is 61.7 Å². The number of nitrogen functional groups attached to an aromatic ring is 1. The van der Waals surface area contributed by atoms with Crippen LogP contribution in [0.25, 0.3) is 22.1 Å². The minimum Gasteiger partial charge on any atom is -0.497 e. The second kappa shape index (κ2) is 7.89. The summed E-state index contributed by atoms with van der Waals surface area (Å²) in [7, 11) is 1.58. The summed E-state index contributed by atoms with van der Waals surface area (Å²) in [4.78, 5) is 13.0. The topological polar surface area (TPSA) is 74.7 Å². The van der Waals surface area contributed by atoms with Gasteiger partial charge in [0.05, 0.1) is 18.1 Å². The molecule has 0 aliphatic carbocycles. The van der Waals surface area contributed by atoms with Gasteiger partial charge in [-0.3, -0.25) is 4.79 Å². The van der Waals surface area contributed by atoms with E-state index in [1.165, 1.54) is 0 Å². The number of rotatable bonds is 5. The Labute approximate surface area is 172 Å². The number of hydrogen-bond donors (Lipinski definition) is 1. The minimum absolute atomic E-state index is 0.0579. The SMILES string of the molecule is COc1ccc(-c2c(N)oc3cc(OCc4ccc(Cl)cc4)ccc3c2=O)cc1. The van der Waals surface area contributed by atoms with E-state index >= 15 is 0 Å². The number of benzene rings is 3. The van der Waals surface area contributed by atoms with Crippen molar-refractivity contribution in [2.24, 2.45) is 0 Å². The van der Waals surface area contributed by atoms with Crippen molar-refractivity contribution in [3.8, 4) is 22.6 Å². The Balaban J connectivity index is 1.65. The Morgan fingerprint density at radius 1 is 0.966 bits per heavy atom. The Hall–Kier alpha value is -3.44. The molecular formula is C23H18ClNO4. The first kappa shape index (κ1) is 18.9. The number of methoxy groups -OCH3 is 1. The molecular weight excluding hydrogens is 390 g/mol. The lowest BCUT2D eigenvalue weighted by atomic mass is 10.0. The quantitative estimate of drug-likeness (QED) is 0.487. The molecule has 0 amide bonds. The highest BCUT2D eigenvalue weighted by Gasteiger charge is 2.15. The van der Waals surface area contributed by atoms with Crippen molar-refractivity contribution in [3.63, 3.8) is 0 Å². The highest BCUT2D eigenvalue weighted by atomic mass is 35.5. The summed E-state index contributed by atoms with van der Waals surface area (Å²) in [6.07, 6.45) is 0. The molecule has 0 radical (unpaired) electrons. The second-order valence-electron chi connectivity index (χ2n) is 6.47. The molecule has 0 bridgehead atoms. The van der Waals surface area contributed by atoms with Gasteiger partial charge in [0.25, 0.3) is 0 Å². The smallest absolute Gasteiger partial charge is 0.202 e. The largest absolute Gasteiger partial charge is 0.497 e. The molecule has 0 saturated carbocycles. The lowest BCUT2D eigenvalue weighted by Gasteiger charge is -2.10. The summed E-state index contributed by atoms with van der Waals surface area (Å²) in [6.45, 7) is 0.367. The van der Waals surface area contributed by atoms with Crippen LogP contribution in [-0.2, 0) is 6.61 Å². The third kappa shape index (κ3) is 3.91. The number of nitrogens with two attached hydrogens (primary N) is 1. The molecule has 4 rings (SSSR count). The second-order valence-corrected chi connectivity index (χ2v) is 6.91. The fourth-order valence-electron chi connectivity index (χ4n) is 3.06. The van der Waals surface area contributed by atoms with E-state index in [0.29, 0.717) is 45.2 Å². The predicted molar refractivity (Wildman–Crippen MR) is 115 cm³/mol. The van der Waals surface area contributed by atoms with Crippen molar-refractivity contribution in [1.29, 1.82) is 0 Å². The van der Waals surface area contributed by atoms with Crippen molar-refractivity contribution in [1.82, 2.24) is 0 Å². The van der Waals surface area contributed by atoms with Gasteiger partial charge in [-0.25, -0.2) is 0 Å². The summed E-state index contributed by atoms with van der Waals surface area (Å²) in [6, 6.07) is 19.6. The van der Waals surface area contributed by atoms with E-state index < -0.39 is 0 Å². The van der Waals surface area contributed by atoms with Crippen LogP contribution in [-0.4, -0.2) is 7.11 Å². The Morgan fingerprint density at radius 3 is 2.34 bits per heavy atom. The van der Waals surface area contributed by atoms with E-state index in [2.05, 4.69) is 0 Å². The summed E-state index contributed by atoms with van der Waals surface area (Å²) in [5, 5.41) is 1.10. The van der Waals surface area contributed by atoms with Gasteiger partial charge in [-0.05, 0) is 47.5 Å². The van der Waals surface area contributed by atoms with Gasteiger partial charge in [0.2, 0.25) is 11.3 Å². The van der Waals surface area contributed by atoms with E-state index in [-0.39, 0.29) is 11.3 Å². The molecule has 5 nitrogen and oxygen atoms in total. The van der Waals surface area contributed by atoms with E-state index in [1.807, 2.05) is 12.1 Å². The molecule has 0 unspecified atom stereocenters. The maximum atomic E-state index is 13.0. The van der Waals surface area contributed by atoms with Crippen LogP contribution >= 0.6 is 11.6 Å². The van der Waals surface area contributed by atoms with Gasteiger partial charge in [0.1, 0.15) is 23.7 Å². The summed E-state index contributed by atoms with van der Waals surface area (Å²) < 4.78 is 16.7. The molecule has 1 aromatic heterocycles. The van der Waals surface area contributed by atoms with Crippen LogP contribution in [0, 0.1) is 0 Å². The Kier molecular flexibility index (Phi) is 5.14. The molecule has 0 spiro atoms. The molecule has 3 aromatic carbocycles. The first-order valence-corrected chi connectivity index (χ1v) is 9.31. The molecule has 0 fully saturated rings. The average molecular weight is 408 g/mol. The molecule has 0 atom stereocenters. The fraction of sp³-hybridized carbons (Fsp3) is 0.0870. The van der Waals surface area contributed by atoms with Crippen LogP contribution in [0.2, 0.25) is 5.02 Å². The summed E-state index contributed by atoms with van der Waals surface area (Å²) in [5.74, 6) is 1.33. The summed E-state index contributed by atoms with van der Waals surface area (Å²) >= 11 is 5.90. The molecule has 0 aliphatic rings. The van der Waals surface area contributed by atoms with E-state index in [0.717, 1.165) is 5.56 Å². The van der Waals surface area contributed by atoms with Crippen LogP contribution in [0.15, 0.2) is 75.9 Å².